The van der Waals surface area contributed by atoms with Crippen molar-refractivity contribution < 1.29 is 28.3 Å². The smallest absolute Gasteiger partial charge is 0.246 e. The van der Waals surface area contributed by atoms with Crippen molar-refractivity contribution in [3.05, 3.63) is 108 Å². The monoisotopic (exact) mass is 662 g/mol. The number of hydrogen-bond donors (Lipinski definition) is 3. The Bertz CT molecular complexity index is 1570. The molecule has 0 heterocycles. The molecule has 4 N–H and O–H groups in total. The molecule has 3 aromatic carbocycles. The number of carbonyl (C=O) groups excluding carboxylic acids is 3. The molecule has 3 aromatic rings. The highest BCUT2D eigenvalue weighted by Crippen LogP contribution is 2.22. The van der Waals surface area contributed by atoms with E-state index in [1.54, 1.807) is 19.9 Å². The summed E-state index contributed by atoms with van der Waals surface area (Å²) in [4.78, 5) is 44.0. The van der Waals surface area contributed by atoms with Crippen molar-refractivity contribution in [3.8, 4) is 11.1 Å². The van der Waals surface area contributed by atoms with E-state index >= 15 is 0 Å². The Hall–Kier alpha value is -4.41. The summed E-state index contributed by atoms with van der Waals surface area (Å²) in [7, 11) is 2.99. The second-order valence-corrected chi connectivity index (χ2v) is 13.8. The summed E-state index contributed by atoms with van der Waals surface area (Å²) in [5.41, 5.74) is 8.02. The maximum absolute atomic E-state index is 14.4. The van der Waals surface area contributed by atoms with E-state index in [0.717, 1.165) is 28.8 Å². The zero-order valence-corrected chi connectivity index (χ0v) is 28.7. The van der Waals surface area contributed by atoms with Crippen LogP contribution in [0.5, 0.6) is 0 Å². The number of halogens is 2. The summed E-state index contributed by atoms with van der Waals surface area (Å²) in [6, 6.07) is 18.7. The lowest BCUT2D eigenvalue weighted by molar-refractivity contribution is -0.146. The molecule has 0 bridgehead atoms. The first kappa shape index (κ1) is 38.0. The van der Waals surface area contributed by atoms with E-state index in [0.29, 0.717) is 12.0 Å². The number of aliphatic hydroxyl groups excluding tert-OH is 1. The van der Waals surface area contributed by atoms with Crippen LogP contribution in [0.2, 0.25) is 0 Å². The van der Waals surface area contributed by atoms with Crippen LogP contribution < -0.4 is 11.1 Å². The van der Waals surface area contributed by atoms with Crippen LogP contribution in [0.15, 0.2) is 84.9 Å². The van der Waals surface area contributed by atoms with Gasteiger partial charge in [0, 0.05) is 51.0 Å². The van der Waals surface area contributed by atoms with Gasteiger partial charge < -0.3 is 26.0 Å². The van der Waals surface area contributed by atoms with Crippen molar-refractivity contribution in [2.24, 2.45) is 11.1 Å². The van der Waals surface area contributed by atoms with Gasteiger partial charge in [-0.05, 0) is 60.7 Å². The first-order valence-electron chi connectivity index (χ1n) is 16.0. The third-order valence-electron chi connectivity index (χ3n) is 8.19. The highest BCUT2D eigenvalue weighted by molar-refractivity contribution is 5.95. The second-order valence-electron chi connectivity index (χ2n) is 13.8. The van der Waals surface area contributed by atoms with Gasteiger partial charge >= 0.3 is 0 Å². The number of benzene rings is 3. The van der Waals surface area contributed by atoms with Crippen LogP contribution in [0.4, 0.5) is 8.78 Å². The van der Waals surface area contributed by atoms with Gasteiger partial charge in [-0.25, -0.2) is 8.78 Å². The fourth-order valence-electron chi connectivity index (χ4n) is 5.00. The maximum atomic E-state index is 14.4. The summed E-state index contributed by atoms with van der Waals surface area (Å²) in [6.07, 6.45) is 3.52. The number of likely N-dealkylation sites (N-methyl/N-ethyl adjacent to an activating group) is 2. The summed E-state index contributed by atoms with van der Waals surface area (Å²) in [5, 5.41) is 12.5. The predicted molar refractivity (Wildman–Crippen MR) is 185 cm³/mol. The molecule has 0 fully saturated rings. The number of hydrogen-bond acceptors (Lipinski definition) is 5. The summed E-state index contributed by atoms with van der Waals surface area (Å²) in [6.45, 7) is 7.13. The van der Waals surface area contributed by atoms with Crippen molar-refractivity contribution in [2.45, 2.75) is 64.6 Å². The topological polar surface area (TPSA) is 116 Å². The van der Waals surface area contributed by atoms with Crippen molar-refractivity contribution >= 4 is 17.7 Å². The van der Waals surface area contributed by atoms with E-state index < -0.39 is 52.4 Å². The lowest BCUT2D eigenvalue weighted by atomic mass is 9.94. The van der Waals surface area contributed by atoms with Crippen LogP contribution >= 0.6 is 0 Å². The molecule has 48 heavy (non-hydrogen) atoms. The van der Waals surface area contributed by atoms with E-state index in [2.05, 4.69) is 5.32 Å². The Balaban J connectivity index is 1.97. The van der Waals surface area contributed by atoms with Gasteiger partial charge in [0.2, 0.25) is 17.7 Å². The number of nitrogens with one attached hydrogen (secondary N) is 1. The second kappa shape index (κ2) is 16.6. The van der Waals surface area contributed by atoms with E-state index in [1.165, 1.54) is 36.0 Å². The van der Waals surface area contributed by atoms with Crippen LogP contribution in [0.3, 0.4) is 0 Å². The van der Waals surface area contributed by atoms with Gasteiger partial charge in [0.15, 0.2) is 11.6 Å². The quantitative estimate of drug-likeness (QED) is 0.201. The Kier molecular flexibility index (Phi) is 13.2. The van der Waals surface area contributed by atoms with Crippen LogP contribution in [0, 0.1) is 17.0 Å². The number of rotatable bonds is 15. The molecule has 0 aliphatic heterocycles. The molecule has 0 aromatic heterocycles. The molecular formula is C38H48F2N4O4. The summed E-state index contributed by atoms with van der Waals surface area (Å²) < 4.78 is 27.9. The highest BCUT2D eigenvalue weighted by Gasteiger charge is 2.35. The molecule has 0 radical (unpaired) electrons. The first-order chi connectivity index (χ1) is 22.5. The molecule has 3 rings (SSSR count). The fourth-order valence-corrected chi connectivity index (χ4v) is 5.00. The van der Waals surface area contributed by atoms with Gasteiger partial charge in [0.1, 0.15) is 12.1 Å². The summed E-state index contributed by atoms with van der Waals surface area (Å²) in [5.74, 6) is -3.58. The number of amides is 3. The van der Waals surface area contributed by atoms with Gasteiger partial charge in [0.25, 0.3) is 0 Å². The molecule has 3 amide bonds. The SMILES string of the molecule is CN(C(=O)/C=C/CC(C)(C)N)[C@H](Cc1ccc(-c2ccccc2)cc1)C(=O)N(C)[C@H](Cc1ccc(F)c(F)c1)C(=O)NCC(C)(C)CO. The van der Waals surface area contributed by atoms with E-state index in [9.17, 15) is 28.3 Å². The third kappa shape index (κ3) is 11.1. The average molecular weight is 663 g/mol. The molecule has 0 aliphatic rings. The number of carbonyl (C=O) groups is 3. The highest BCUT2D eigenvalue weighted by atomic mass is 19.2. The Morgan fingerprint density at radius 1 is 0.833 bits per heavy atom. The lowest BCUT2D eigenvalue weighted by Gasteiger charge is -2.35. The van der Waals surface area contributed by atoms with Crippen molar-refractivity contribution in [1.29, 1.82) is 0 Å². The average Bonchev–Trinajstić information content (AvgIpc) is 3.05. The molecule has 258 valence electrons. The minimum absolute atomic E-state index is 0.108. The van der Waals surface area contributed by atoms with Crippen LogP contribution in [-0.2, 0) is 27.2 Å². The van der Waals surface area contributed by atoms with Crippen LogP contribution in [0.25, 0.3) is 11.1 Å². The number of aliphatic hydroxyl groups is 1. The minimum Gasteiger partial charge on any atom is -0.396 e. The number of nitrogens with two attached hydrogens (primary N) is 1. The van der Waals surface area contributed by atoms with Crippen molar-refractivity contribution in [2.75, 3.05) is 27.2 Å². The largest absolute Gasteiger partial charge is 0.396 e. The van der Waals surface area contributed by atoms with E-state index in [1.807, 2.05) is 68.4 Å². The molecule has 0 aliphatic carbocycles. The molecule has 8 nitrogen and oxygen atoms in total. The predicted octanol–water partition coefficient (Wildman–Crippen LogP) is 4.89. The van der Waals surface area contributed by atoms with Gasteiger partial charge in [-0.1, -0.05) is 80.6 Å². The van der Waals surface area contributed by atoms with Crippen molar-refractivity contribution in [1.82, 2.24) is 15.1 Å². The molecule has 10 heteroatoms. The molecular weight excluding hydrogens is 614 g/mol. The minimum atomic E-state index is -1.14. The van der Waals surface area contributed by atoms with Gasteiger partial charge in [-0.15, -0.1) is 0 Å². The zero-order valence-electron chi connectivity index (χ0n) is 28.7. The van der Waals surface area contributed by atoms with Crippen LogP contribution in [0.1, 0.15) is 45.2 Å². The molecule has 0 saturated carbocycles. The zero-order chi connectivity index (χ0) is 35.6. The normalized spacial score (nSPS) is 13.2. The van der Waals surface area contributed by atoms with Crippen LogP contribution in [-0.4, -0.2) is 77.5 Å². The lowest BCUT2D eigenvalue weighted by Crippen LogP contribution is -2.56. The van der Waals surface area contributed by atoms with Gasteiger partial charge in [-0.2, -0.15) is 0 Å². The Morgan fingerprint density at radius 3 is 2.00 bits per heavy atom. The molecule has 0 spiro atoms. The summed E-state index contributed by atoms with van der Waals surface area (Å²) >= 11 is 0. The number of nitrogens with zero attached hydrogens (tertiary/aromatic N) is 2. The van der Waals surface area contributed by atoms with Gasteiger partial charge in [-0.3, -0.25) is 14.4 Å². The van der Waals surface area contributed by atoms with E-state index in [-0.39, 0.29) is 26.0 Å². The first-order valence-corrected chi connectivity index (χ1v) is 16.0. The Morgan fingerprint density at radius 2 is 1.42 bits per heavy atom. The third-order valence-corrected chi connectivity index (χ3v) is 8.19. The molecule has 2 atom stereocenters. The molecule has 0 unspecified atom stereocenters. The Labute approximate surface area is 282 Å². The molecule has 0 saturated heterocycles. The van der Waals surface area contributed by atoms with Crippen molar-refractivity contribution in [3.63, 3.8) is 0 Å². The van der Waals surface area contributed by atoms with E-state index in [4.69, 9.17) is 5.73 Å². The maximum Gasteiger partial charge on any atom is 0.246 e. The standard InChI is InChI=1S/C38H48F2N4O4/c1-37(2,25-45)24-42-35(47)32(23-27-16-19-30(39)31(40)21-27)44(6)36(48)33(43(5)34(46)13-10-20-38(3,4)41)22-26-14-17-29(18-15-26)28-11-8-7-9-12-28/h7-19,21,32-33,45H,20,22-25,41H2,1-6H3,(H,42,47)/b13-10+/t32-,33-/m1/s1. The fraction of sp³-hybridized carbons (Fsp3) is 0.395. The van der Waals surface area contributed by atoms with Gasteiger partial charge in [0.05, 0.1) is 0 Å².